The highest BCUT2D eigenvalue weighted by molar-refractivity contribution is 5.75. The summed E-state index contributed by atoms with van der Waals surface area (Å²) >= 11 is 0. The zero-order valence-corrected chi connectivity index (χ0v) is 8.53. The van der Waals surface area contributed by atoms with Gasteiger partial charge in [0.2, 0.25) is 0 Å². The van der Waals surface area contributed by atoms with E-state index < -0.39 is 0 Å². The van der Waals surface area contributed by atoms with Crippen molar-refractivity contribution in [2.45, 2.75) is 13.5 Å². The molecule has 0 aliphatic heterocycles. The van der Waals surface area contributed by atoms with Gasteiger partial charge in [0.1, 0.15) is 5.82 Å². The molecule has 0 aliphatic carbocycles. The van der Waals surface area contributed by atoms with E-state index in [-0.39, 0.29) is 0 Å². The SMILES string of the molecule is COCCn1c(C)nc2ccccc21. The standard InChI is InChI=1S/C11H14N2O/c1-9-12-10-5-3-4-6-11(10)13(9)7-8-14-2/h3-6H,7-8H2,1-2H3. The van der Waals surface area contributed by atoms with Crippen molar-refractivity contribution >= 4 is 11.0 Å². The van der Waals surface area contributed by atoms with Gasteiger partial charge in [0.15, 0.2) is 0 Å². The molecule has 0 amide bonds. The summed E-state index contributed by atoms with van der Waals surface area (Å²) in [6.45, 7) is 3.61. The summed E-state index contributed by atoms with van der Waals surface area (Å²) in [5.41, 5.74) is 2.24. The average Bonchev–Trinajstić information content (AvgIpc) is 2.51. The van der Waals surface area contributed by atoms with Gasteiger partial charge in [-0.3, -0.25) is 0 Å². The summed E-state index contributed by atoms with van der Waals surface area (Å²) in [7, 11) is 1.72. The Morgan fingerprint density at radius 3 is 2.93 bits per heavy atom. The summed E-state index contributed by atoms with van der Waals surface area (Å²) in [6.07, 6.45) is 0. The van der Waals surface area contributed by atoms with Gasteiger partial charge in [-0.2, -0.15) is 0 Å². The number of fused-ring (bicyclic) bond motifs is 1. The predicted molar refractivity (Wildman–Crippen MR) is 56.3 cm³/mol. The molecule has 0 atom stereocenters. The molecule has 0 saturated heterocycles. The van der Waals surface area contributed by atoms with Gasteiger partial charge >= 0.3 is 0 Å². The van der Waals surface area contributed by atoms with Crippen LogP contribution in [0.25, 0.3) is 11.0 Å². The number of methoxy groups -OCH3 is 1. The summed E-state index contributed by atoms with van der Waals surface area (Å²) in [4.78, 5) is 4.47. The molecule has 3 heteroatoms. The van der Waals surface area contributed by atoms with Gasteiger partial charge in [-0.1, -0.05) is 12.1 Å². The topological polar surface area (TPSA) is 27.1 Å². The summed E-state index contributed by atoms with van der Waals surface area (Å²) in [5.74, 6) is 1.04. The van der Waals surface area contributed by atoms with E-state index in [1.165, 1.54) is 5.52 Å². The quantitative estimate of drug-likeness (QED) is 0.740. The predicted octanol–water partition coefficient (Wildman–Crippen LogP) is 1.99. The van der Waals surface area contributed by atoms with Crippen LogP contribution >= 0.6 is 0 Å². The molecule has 0 spiro atoms. The zero-order chi connectivity index (χ0) is 9.97. The Kier molecular flexibility index (Phi) is 2.50. The molecule has 0 radical (unpaired) electrons. The third-order valence-electron chi connectivity index (χ3n) is 2.36. The Balaban J connectivity index is 2.45. The van der Waals surface area contributed by atoms with E-state index in [2.05, 4.69) is 15.6 Å². The molecule has 1 heterocycles. The number of benzene rings is 1. The van der Waals surface area contributed by atoms with Crippen LogP contribution in [0.1, 0.15) is 5.82 Å². The Morgan fingerprint density at radius 1 is 1.36 bits per heavy atom. The van der Waals surface area contributed by atoms with E-state index in [1.54, 1.807) is 7.11 Å². The van der Waals surface area contributed by atoms with Gasteiger partial charge in [-0.25, -0.2) is 4.98 Å². The van der Waals surface area contributed by atoms with Crippen molar-refractivity contribution in [1.29, 1.82) is 0 Å². The second-order valence-electron chi connectivity index (χ2n) is 3.29. The van der Waals surface area contributed by atoms with Gasteiger partial charge in [0.05, 0.1) is 17.6 Å². The second kappa shape index (κ2) is 3.80. The lowest BCUT2D eigenvalue weighted by molar-refractivity contribution is 0.187. The van der Waals surface area contributed by atoms with Crippen molar-refractivity contribution in [2.75, 3.05) is 13.7 Å². The first-order chi connectivity index (χ1) is 6.83. The van der Waals surface area contributed by atoms with E-state index in [0.29, 0.717) is 0 Å². The van der Waals surface area contributed by atoms with E-state index >= 15 is 0 Å². The number of nitrogens with zero attached hydrogens (tertiary/aromatic N) is 2. The van der Waals surface area contributed by atoms with Crippen LogP contribution in [0.5, 0.6) is 0 Å². The van der Waals surface area contributed by atoms with Crippen LogP contribution in [0.4, 0.5) is 0 Å². The van der Waals surface area contributed by atoms with Crippen LogP contribution in [0.2, 0.25) is 0 Å². The van der Waals surface area contributed by atoms with E-state index in [1.807, 2.05) is 25.1 Å². The monoisotopic (exact) mass is 190 g/mol. The Bertz CT molecular complexity index is 434. The summed E-state index contributed by atoms with van der Waals surface area (Å²) in [5, 5.41) is 0. The van der Waals surface area contributed by atoms with E-state index in [4.69, 9.17) is 4.74 Å². The van der Waals surface area contributed by atoms with Crippen molar-refractivity contribution in [3.05, 3.63) is 30.1 Å². The van der Waals surface area contributed by atoms with Crippen LogP contribution < -0.4 is 0 Å². The number of ether oxygens (including phenoxy) is 1. The zero-order valence-electron chi connectivity index (χ0n) is 8.53. The fourth-order valence-electron chi connectivity index (χ4n) is 1.66. The second-order valence-corrected chi connectivity index (χ2v) is 3.29. The molecule has 74 valence electrons. The lowest BCUT2D eigenvalue weighted by atomic mass is 10.3. The normalized spacial score (nSPS) is 11.0. The molecule has 2 rings (SSSR count). The van der Waals surface area contributed by atoms with Gasteiger partial charge in [-0.05, 0) is 19.1 Å². The number of aryl methyl sites for hydroxylation is 1. The van der Waals surface area contributed by atoms with Crippen LogP contribution in [0, 0.1) is 6.92 Å². The van der Waals surface area contributed by atoms with Gasteiger partial charge in [0.25, 0.3) is 0 Å². The first-order valence-corrected chi connectivity index (χ1v) is 4.73. The smallest absolute Gasteiger partial charge is 0.106 e. The van der Waals surface area contributed by atoms with Crippen molar-refractivity contribution in [3.63, 3.8) is 0 Å². The average molecular weight is 190 g/mol. The summed E-state index contributed by atoms with van der Waals surface area (Å²) in [6, 6.07) is 8.17. The molecular formula is C11H14N2O. The highest BCUT2D eigenvalue weighted by Crippen LogP contribution is 2.14. The third-order valence-corrected chi connectivity index (χ3v) is 2.36. The Morgan fingerprint density at radius 2 is 2.14 bits per heavy atom. The molecule has 0 unspecified atom stereocenters. The van der Waals surface area contributed by atoms with Crippen molar-refractivity contribution in [3.8, 4) is 0 Å². The minimum absolute atomic E-state index is 0.723. The van der Waals surface area contributed by atoms with E-state index in [0.717, 1.165) is 24.5 Å². The largest absolute Gasteiger partial charge is 0.383 e. The third kappa shape index (κ3) is 1.51. The molecule has 0 N–H and O–H groups in total. The molecule has 0 fully saturated rings. The lowest BCUT2D eigenvalue weighted by Gasteiger charge is -2.04. The number of hydrogen-bond donors (Lipinski definition) is 0. The minimum Gasteiger partial charge on any atom is -0.383 e. The van der Waals surface area contributed by atoms with Crippen LogP contribution in [0.15, 0.2) is 24.3 Å². The molecular weight excluding hydrogens is 176 g/mol. The van der Waals surface area contributed by atoms with Crippen molar-refractivity contribution in [2.24, 2.45) is 0 Å². The maximum atomic E-state index is 5.07. The van der Waals surface area contributed by atoms with Gasteiger partial charge in [0, 0.05) is 13.7 Å². The van der Waals surface area contributed by atoms with Gasteiger partial charge < -0.3 is 9.30 Å². The number of para-hydroxylation sites is 2. The highest BCUT2D eigenvalue weighted by Gasteiger charge is 2.04. The lowest BCUT2D eigenvalue weighted by Crippen LogP contribution is -2.05. The van der Waals surface area contributed by atoms with Crippen molar-refractivity contribution < 1.29 is 4.74 Å². The maximum absolute atomic E-state index is 5.07. The molecule has 0 aliphatic rings. The van der Waals surface area contributed by atoms with E-state index in [9.17, 15) is 0 Å². The first kappa shape index (κ1) is 9.21. The Labute approximate surface area is 83.3 Å². The van der Waals surface area contributed by atoms with Gasteiger partial charge in [-0.15, -0.1) is 0 Å². The molecule has 2 aromatic rings. The number of imidazole rings is 1. The van der Waals surface area contributed by atoms with Crippen LogP contribution in [-0.2, 0) is 11.3 Å². The molecule has 0 bridgehead atoms. The van der Waals surface area contributed by atoms with Crippen LogP contribution in [-0.4, -0.2) is 23.3 Å². The molecule has 0 saturated carbocycles. The highest BCUT2D eigenvalue weighted by atomic mass is 16.5. The number of aromatic nitrogens is 2. The minimum atomic E-state index is 0.723. The molecule has 1 aromatic carbocycles. The number of hydrogen-bond acceptors (Lipinski definition) is 2. The number of rotatable bonds is 3. The Hall–Kier alpha value is -1.35. The first-order valence-electron chi connectivity index (χ1n) is 4.73. The maximum Gasteiger partial charge on any atom is 0.106 e. The fourth-order valence-corrected chi connectivity index (χ4v) is 1.66. The van der Waals surface area contributed by atoms with Crippen molar-refractivity contribution in [1.82, 2.24) is 9.55 Å². The molecule has 3 nitrogen and oxygen atoms in total. The van der Waals surface area contributed by atoms with Crippen LogP contribution in [0.3, 0.4) is 0 Å². The summed E-state index contributed by atoms with van der Waals surface area (Å²) < 4.78 is 7.25. The molecule has 14 heavy (non-hydrogen) atoms. The fraction of sp³-hybridized carbons (Fsp3) is 0.364. The molecule has 1 aromatic heterocycles.